The molecule has 0 bridgehead atoms. The van der Waals surface area contributed by atoms with E-state index in [1.54, 1.807) is 26.4 Å². The number of aliphatic hydroxyl groups excluding tert-OH is 1. The highest BCUT2D eigenvalue weighted by Gasteiger charge is 2.27. The molecule has 3 rings (SSSR count). The molecular weight excluding hydrogens is 260 g/mol. The minimum Gasteiger partial charge on any atom is -0.493 e. The van der Waals surface area contributed by atoms with E-state index >= 15 is 0 Å². The Hall–Kier alpha value is -2.28. The van der Waals surface area contributed by atoms with Crippen molar-refractivity contribution in [1.82, 2.24) is 9.97 Å². The highest BCUT2D eigenvalue weighted by molar-refractivity contribution is 5.91. The first-order chi connectivity index (χ1) is 9.62. The minimum absolute atomic E-state index is 0.319. The predicted octanol–water partition coefficient (Wildman–Crippen LogP) is 0.410. The van der Waals surface area contributed by atoms with Crippen LogP contribution in [0.1, 0.15) is 0 Å². The van der Waals surface area contributed by atoms with Crippen molar-refractivity contribution in [3.8, 4) is 11.5 Å². The monoisotopic (exact) mass is 276 g/mol. The number of nitrogens with zero attached hydrogens (tertiary/aromatic N) is 3. The Morgan fingerprint density at radius 3 is 2.45 bits per heavy atom. The van der Waals surface area contributed by atoms with Crippen molar-refractivity contribution in [2.75, 3.05) is 37.9 Å². The lowest BCUT2D eigenvalue weighted by molar-refractivity contribution is 0.140. The fourth-order valence-electron chi connectivity index (χ4n) is 2.23. The van der Waals surface area contributed by atoms with Crippen LogP contribution in [0.15, 0.2) is 12.1 Å². The van der Waals surface area contributed by atoms with Gasteiger partial charge in [0, 0.05) is 24.5 Å². The van der Waals surface area contributed by atoms with Crippen LogP contribution in [0.3, 0.4) is 0 Å². The molecular formula is C13H16N4O3. The van der Waals surface area contributed by atoms with Gasteiger partial charge >= 0.3 is 0 Å². The molecule has 0 spiro atoms. The molecule has 2 heterocycles. The zero-order chi connectivity index (χ0) is 14.3. The van der Waals surface area contributed by atoms with Crippen LogP contribution in [0.2, 0.25) is 0 Å². The minimum atomic E-state index is -0.319. The number of hydrogen-bond donors (Lipinski definition) is 2. The van der Waals surface area contributed by atoms with Crippen molar-refractivity contribution >= 4 is 22.7 Å². The molecule has 7 heteroatoms. The summed E-state index contributed by atoms with van der Waals surface area (Å²) in [5, 5.41) is 10.1. The number of nitrogen functional groups attached to an aromatic ring is 1. The lowest BCUT2D eigenvalue weighted by Crippen LogP contribution is -2.51. The van der Waals surface area contributed by atoms with Gasteiger partial charge < -0.3 is 25.2 Å². The largest absolute Gasteiger partial charge is 0.493 e. The lowest BCUT2D eigenvalue weighted by Gasteiger charge is -2.35. The summed E-state index contributed by atoms with van der Waals surface area (Å²) < 4.78 is 10.5. The zero-order valence-corrected chi connectivity index (χ0v) is 11.3. The lowest BCUT2D eigenvalue weighted by atomic mass is 10.2. The van der Waals surface area contributed by atoms with Crippen molar-refractivity contribution < 1.29 is 14.6 Å². The Morgan fingerprint density at radius 2 is 1.85 bits per heavy atom. The number of rotatable bonds is 3. The van der Waals surface area contributed by atoms with Crippen LogP contribution in [0.4, 0.5) is 11.8 Å². The Balaban J connectivity index is 2.10. The molecule has 106 valence electrons. The third-order valence-corrected chi connectivity index (χ3v) is 3.36. The van der Waals surface area contributed by atoms with Gasteiger partial charge in [0.1, 0.15) is 5.82 Å². The predicted molar refractivity (Wildman–Crippen MR) is 75.3 cm³/mol. The van der Waals surface area contributed by atoms with E-state index in [0.717, 1.165) is 0 Å². The maximum atomic E-state index is 9.35. The van der Waals surface area contributed by atoms with Crippen molar-refractivity contribution in [1.29, 1.82) is 0 Å². The van der Waals surface area contributed by atoms with E-state index in [2.05, 4.69) is 9.97 Å². The molecule has 3 N–H and O–H groups in total. The topological polar surface area (TPSA) is 93.7 Å². The van der Waals surface area contributed by atoms with E-state index in [1.807, 2.05) is 4.90 Å². The Morgan fingerprint density at radius 1 is 1.20 bits per heavy atom. The highest BCUT2D eigenvalue weighted by atomic mass is 16.5. The van der Waals surface area contributed by atoms with Gasteiger partial charge in [0.25, 0.3) is 0 Å². The van der Waals surface area contributed by atoms with Crippen LogP contribution in [0.5, 0.6) is 11.5 Å². The van der Waals surface area contributed by atoms with Gasteiger partial charge in [-0.15, -0.1) is 0 Å². The number of hydrogen-bond acceptors (Lipinski definition) is 7. The first kappa shape index (κ1) is 12.7. The zero-order valence-electron chi connectivity index (χ0n) is 11.3. The molecule has 20 heavy (non-hydrogen) atoms. The summed E-state index contributed by atoms with van der Waals surface area (Å²) in [5.74, 6) is 2.08. The van der Waals surface area contributed by atoms with Crippen LogP contribution >= 0.6 is 0 Å². The summed E-state index contributed by atoms with van der Waals surface area (Å²) in [7, 11) is 3.14. The molecule has 0 amide bonds. The summed E-state index contributed by atoms with van der Waals surface area (Å²) in [6.07, 6.45) is -0.319. The van der Waals surface area contributed by atoms with E-state index in [-0.39, 0.29) is 6.10 Å². The molecule has 7 nitrogen and oxygen atoms in total. The molecule has 1 aliphatic heterocycles. The molecule has 0 radical (unpaired) electrons. The van der Waals surface area contributed by atoms with E-state index in [1.165, 1.54) is 0 Å². The molecule has 1 aliphatic rings. The van der Waals surface area contributed by atoms with Crippen LogP contribution in [-0.2, 0) is 0 Å². The molecule has 0 atom stereocenters. The second-order valence-electron chi connectivity index (χ2n) is 4.69. The van der Waals surface area contributed by atoms with Crippen LogP contribution in [0.25, 0.3) is 10.9 Å². The number of fused-ring (bicyclic) bond motifs is 1. The van der Waals surface area contributed by atoms with Crippen molar-refractivity contribution in [2.45, 2.75) is 6.10 Å². The fourth-order valence-corrected chi connectivity index (χ4v) is 2.23. The van der Waals surface area contributed by atoms with Crippen LogP contribution < -0.4 is 20.1 Å². The van der Waals surface area contributed by atoms with Gasteiger partial charge in [-0.25, -0.2) is 4.98 Å². The fraction of sp³-hybridized carbons (Fsp3) is 0.385. The normalized spacial score (nSPS) is 15.2. The molecule has 2 aromatic rings. The number of β-amino-alcohol motifs (C(OH)–C–C–N with tert-alkyl or cyclic N) is 1. The molecule has 0 saturated carbocycles. The highest BCUT2D eigenvalue weighted by Crippen LogP contribution is 2.34. The van der Waals surface area contributed by atoms with Gasteiger partial charge in [0.2, 0.25) is 5.95 Å². The van der Waals surface area contributed by atoms with Crippen LogP contribution in [0, 0.1) is 0 Å². The summed E-state index contributed by atoms with van der Waals surface area (Å²) >= 11 is 0. The quantitative estimate of drug-likeness (QED) is 0.838. The molecule has 1 aromatic heterocycles. The maximum Gasteiger partial charge on any atom is 0.228 e. The van der Waals surface area contributed by atoms with Gasteiger partial charge in [-0.1, -0.05) is 0 Å². The number of methoxy groups -OCH3 is 2. The summed E-state index contributed by atoms with van der Waals surface area (Å²) in [6.45, 7) is 1.05. The first-order valence-electron chi connectivity index (χ1n) is 6.24. The number of anilines is 2. The van der Waals surface area contributed by atoms with Crippen molar-refractivity contribution in [3.63, 3.8) is 0 Å². The third-order valence-electron chi connectivity index (χ3n) is 3.36. The molecule has 1 fully saturated rings. The number of aromatic nitrogens is 2. The van der Waals surface area contributed by atoms with Gasteiger partial charge in [0.05, 0.1) is 25.8 Å². The molecule has 1 saturated heterocycles. The van der Waals surface area contributed by atoms with Gasteiger partial charge in [-0.2, -0.15) is 4.98 Å². The number of aliphatic hydroxyl groups is 1. The SMILES string of the molecule is COc1cc2nc(N3CC(O)C3)nc(N)c2cc1OC. The van der Waals surface area contributed by atoms with Crippen molar-refractivity contribution in [3.05, 3.63) is 12.1 Å². The summed E-state index contributed by atoms with van der Waals surface area (Å²) in [4.78, 5) is 10.6. The number of benzene rings is 1. The Bertz CT molecular complexity index is 656. The summed E-state index contributed by atoms with van der Waals surface area (Å²) in [5.41, 5.74) is 6.67. The third kappa shape index (κ3) is 1.96. The molecule has 0 aliphatic carbocycles. The standard InChI is InChI=1S/C13H16N4O3/c1-19-10-3-8-9(4-11(10)20-2)15-13(16-12(8)14)17-5-7(18)6-17/h3-4,7,18H,5-6H2,1-2H3,(H2,14,15,16). The smallest absolute Gasteiger partial charge is 0.228 e. The van der Waals surface area contributed by atoms with E-state index < -0.39 is 0 Å². The average Bonchev–Trinajstić information content (AvgIpc) is 2.42. The van der Waals surface area contributed by atoms with E-state index in [4.69, 9.17) is 15.2 Å². The van der Waals surface area contributed by atoms with Gasteiger partial charge in [0.15, 0.2) is 11.5 Å². The number of nitrogens with two attached hydrogens (primary N) is 1. The van der Waals surface area contributed by atoms with Crippen molar-refractivity contribution in [2.24, 2.45) is 0 Å². The molecule has 0 unspecified atom stereocenters. The van der Waals surface area contributed by atoms with E-state index in [9.17, 15) is 5.11 Å². The van der Waals surface area contributed by atoms with Crippen LogP contribution in [-0.4, -0.2) is 48.5 Å². The average molecular weight is 276 g/mol. The maximum absolute atomic E-state index is 9.35. The first-order valence-corrected chi connectivity index (χ1v) is 6.24. The Labute approximate surface area is 115 Å². The van der Waals surface area contributed by atoms with Gasteiger partial charge in [-0.05, 0) is 6.07 Å². The molecule has 1 aromatic carbocycles. The number of ether oxygens (including phenoxy) is 2. The second-order valence-corrected chi connectivity index (χ2v) is 4.69. The second kappa shape index (κ2) is 4.68. The van der Waals surface area contributed by atoms with Gasteiger partial charge in [-0.3, -0.25) is 0 Å². The Kier molecular flexibility index (Phi) is 2.98. The van der Waals surface area contributed by atoms with E-state index in [0.29, 0.717) is 47.3 Å². The summed E-state index contributed by atoms with van der Waals surface area (Å²) in [6, 6.07) is 3.53.